The molecule has 1 aromatic heterocycles. The maximum atomic E-state index is 13.5. The topological polar surface area (TPSA) is 56.8 Å². The third kappa shape index (κ3) is 3.28. The molecule has 0 N–H and O–H groups in total. The summed E-state index contributed by atoms with van der Waals surface area (Å²) >= 11 is 1.60. The smallest absolute Gasteiger partial charge is 0.246 e. The van der Waals surface area contributed by atoms with Gasteiger partial charge in [0.2, 0.25) is 11.8 Å². The molecule has 32 heavy (non-hydrogen) atoms. The molecule has 0 aliphatic carbocycles. The van der Waals surface area contributed by atoms with Gasteiger partial charge in [0.15, 0.2) is 0 Å². The second-order valence-corrected chi connectivity index (χ2v) is 9.49. The number of nitrogens with zero attached hydrogens (tertiary/aromatic N) is 4. The zero-order chi connectivity index (χ0) is 22.6. The van der Waals surface area contributed by atoms with Crippen LogP contribution < -0.4 is 0 Å². The van der Waals surface area contributed by atoms with Crippen molar-refractivity contribution >= 4 is 34.4 Å². The van der Waals surface area contributed by atoms with Crippen LogP contribution in [0, 0.1) is 19.8 Å². The molecule has 3 aliphatic heterocycles. The molecular formula is C25H26N4O2S. The van der Waals surface area contributed by atoms with E-state index in [9.17, 15) is 9.59 Å². The Bertz CT molecular complexity index is 1220. The second kappa shape index (κ2) is 7.74. The highest BCUT2D eigenvalue weighted by molar-refractivity contribution is 7.10. The molecule has 0 bridgehead atoms. The predicted octanol–water partition coefficient (Wildman–Crippen LogP) is 3.66. The quantitative estimate of drug-likeness (QED) is 0.707. The Labute approximate surface area is 192 Å². The summed E-state index contributed by atoms with van der Waals surface area (Å²) in [7, 11) is 3.49. The monoisotopic (exact) mass is 446 g/mol. The maximum absolute atomic E-state index is 13.5. The van der Waals surface area contributed by atoms with E-state index in [0.29, 0.717) is 0 Å². The van der Waals surface area contributed by atoms with Crippen LogP contribution in [0.4, 0.5) is 0 Å². The van der Waals surface area contributed by atoms with Crippen molar-refractivity contribution in [2.24, 2.45) is 5.92 Å². The number of hydrogen-bond donors (Lipinski definition) is 0. The van der Waals surface area contributed by atoms with Gasteiger partial charge in [-0.1, -0.05) is 29.8 Å². The van der Waals surface area contributed by atoms with E-state index < -0.39 is 5.92 Å². The van der Waals surface area contributed by atoms with E-state index in [4.69, 9.17) is 4.98 Å². The maximum Gasteiger partial charge on any atom is 0.246 e. The van der Waals surface area contributed by atoms with Crippen molar-refractivity contribution in [3.8, 4) is 0 Å². The van der Waals surface area contributed by atoms with Crippen LogP contribution in [-0.2, 0) is 9.59 Å². The molecule has 0 saturated carbocycles. The number of likely N-dealkylation sites (N-methyl/N-ethyl adjacent to an activating group) is 2. The highest BCUT2D eigenvalue weighted by atomic mass is 32.1. The summed E-state index contributed by atoms with van der Waals surface area (Å²) in [5, 5.41) is 2.96. The molecule has 7 heteroatoms. The van der Waals surface area contributed by atoms with E-state index in [2.05, 4.69) is 36.1 Å². The van der Waals surface area contributed by atoms with E-state index in [-0.39, 0.29) is 18.4 Å². The van der Waals surface area contributed by atoms with E-state index in [1.165, 1.54) is 10.5 Å². The molecule has 1 saturated heterocycles. The molecule has 6 nitrogen and oxygen atoms in total. The van der Waals surface area contributed by atoms with Gasteiger partial charge in [-0.15, -0.1) is 11.3 Å². The summed E-state index contributed by atoms with van der Waals surface area (Å²) in [6.45, 7) is 4.92. The number of hydrogen-bond acceptors (Lipinski definition) is 5. The average Bonchev–Trinajstić information content (AvgIpc) is 3.19. The van der Waals surface area contributed by atoms with Gasteiger partial charge in [-0.2, -0.15) is 0 Å². The van der Waals surface area contributed by atoms with Crippen molar-refractivity contribution < 1.29 is 9.59 Å². The molecule has 0 spiro atoms. The molecule has 1 atom stereocenters. The third-order valence-corrected chi connectivity index (χ3v) is 7.29. The molecule has 2 aromatic rings. The Kier molecular flexibility index (Phi) is 5.01. The first-order chi connectivity index (χ1) is 15.3. The molecule has 2 amide bonds. The molecule has 3 aliphatic rings. The van der Waals surface area contributed by atoms with Crippen LogP contribution in [-0.4, -0.2) is 58.7 Å². The standard InChI is InChI=1S/C25H26N4O2S/c1-15-7-5-8-17(11-15)20-12-19-22(28(4)21(30)13-27(3)25(19)31)23-18(9-6-10-29(20)23)24-26-16(2)14-32-24/h5,7-9,11-12,14,19H,6,10,13H2,1-4H3. The minimum Gasteiger partial charge on any atom is -0.339 e. The fourth-order valence-electron chi connectivity index (χ4n) is 4.72. The molecule has 0 radical (unpaired) electrons. The fraction of sp³-hybridized carbons (Fsp3) is 0.320. The number of aromatic nitrogens is 1. The van der Waals surface area contributed by atoms with Crippen LogP contribution in [0.1, 0.15) is 28.2 Å². The molecule has 1 unspecified atom stereocenters. The molecular weight excluding hydrogens is 420 g/mol. The van der Waals surface area contributed by atoms with Gasteiger partial charge in [0.1, 0.15) is 10.9 Å². The average molecular weight is 447 g/mol. The van der Waals surface area contributed by atoms with Gasteiger partial charge < -0.3 is 14.7 Å². The van der Waals surface area contributed by atoms with Crippen molar-refractivity contribution in [3.05, 3.63) is 75.0 Å². The largest absolute Gasteiger partial charge is 0.339 e. The molecule has 5 rings (SSSR count). The van der Waals surface area contributed by atoms with E-state index in [1.54, 1.807) is 30.3 Å². The van der Waals surface area contributed by atoms with Gasteiger partial charge >= 0.3 is 0 Å². The van der Waals surface area contributed by atoms with Crippen molar-refractivity contribution in [2.45, 2.75) is 20.3 Å². The zero-order valence-corrected chi connectivity index (χ0v) is 19.6. The highest BCUT2D eigenvalue weighted by Gasteiger charge is 2.43. The lowest BCUT2D eigenvalue weighted by Gasteiger charge is -2.41. The first-order valence-corrected chi connectivity index (χ1v) is 11.7. The molecule has 1 aromatic carbocycles. The number of allylic oxidation sites excluding steroid dienone is 1. The summed E-state index contributed by atoms with van der Waals surface area (Å²) in [6.07, 6.45) is 5.10. The zero-order valence-electron chi connectivity index (χ0n) is 18.8. The lowest BCUT2D eigenvalue weighted by Crippen LogP contribution is -2.39. The number of fused-ring (bicyclic) bond motifs is 2. The van der Waals surface area contributed by atoms with E-state index >= 15 is 0 Å². The van der Waals surface area contributed by atoms with Gasteiger partial charge in [-0.25, -0.2) is 4.98 Å². The summed E-state index contributed by atoms with van der Waals surface area (Å²) < 4.78 is 0. The third-order valence-electron chi connectivity index (χ3n) is 6.29. The molecule has 4 heterocycles. The fourth-order valence-corrected chi connectivity index (χ4v) is 5.56. The van der Waals surface area contributed by atoms with E-state index in [1.807, 2.05) is 24.4 Å². The number of aryl methyl sites for hydroxylation is 2. The minimum atomic E-state index is -0.527. The van der Waals surface area contributed by atoms with E-state index in [0.717, 1.165) is 51.9 Å². The number of amides is 2. The van der Waals surface area contributed by atoms with Crippen LogP contribution >= 0.6 is 11.3 Å². The van der Waals surface area contributed by atoms with Gasteiger partial charge in [0, 0.05) is 43.0 Å². The van der Waals surface area contributed by atoms with Gasteiger partial charge in [-0.05, 0) is 38.0 Å². The first-order valence-electron chi connectivity index (χ1n) is 10.8. The normalized spacial score (nSPS) is 21.2. The van der Waals surface area contributed by atoms with Crippen LogP contribution in [0.15, 0.2) is 53.2 Å². The first kappa shape index (κ1) is 20.7. The van der Waals surface area contributed by atoms with Crippen LogP contribution in [0.5, 0.6) is 0 Å². The SMILES string of the molecule is Cc1cccc(C2=CC3C(=O)N(C)CC(=O)N(C)C3=C3C(c4nc(C)cs4)=CCCN23)c1. The summed E-state index contributed by atoms with van der Waals surface area (Å²) in [5.74, 6) is -0.672. The van der Waals surface area contributed by atoms with Gasteiger partial charge in [0.05, 0.1) is 17.9 Å². The Hall–Kier alpha value is -3.19. The van der Waals surface area contributed by atoms with Gasteiger partial charge in [0.25, 0.3) is 0 Å². The van der Waals surface area contributed by atoms with Crippen molar-refractivity contribution in [3.63, 3.8) is 0 Å². The van der Waals surface area contributed by atoms with Gasteiger partial charge in [-0.3, -0.25) is 9.59 Å². The second-order valence-electron chi connectivity index (χ2n) is 8.63. The Morgan fingerprint density at radius 3 is 2.69 bits per heavy atom. The van der Waals surface area contributed by atoms with Crippen molar-refractivity contribution in [1.82, 2.24) is 19.7 Å². The highest BCUT2D eigenvalue weighted by Crippen LogP contribution is 2.45. The number of carbonyl (C=O) groups is 2. The Morgan fingerprint density at radius 1 is 1.16 bits per heavy atom. The number of carbonyl (C=O) groups excluding carboxylic acids is 2. The summed E-state index contributed by atoms with van der Waals surface area (Å²) in [5.41, 5.74) is 6.90. The number of thiazole rings is 1. The van der Waals surface area contributed by atoms with Crippen LogP contribution in [0.2, 0.25) is 0 Å². The lowest BCUT2D eigenvalue weighted by molar-refractivity contribution is -0.135. The summed E-state index contributed by atoms with van der Waals surface area (Å²) in [6, 6.07) is 8.37. The van der Waals surface area contributed by atoms with Crippen LogP contribution in [0.25, 0.3) is 11.3 Å². The van der Waals surface area contributed by atoms with Crippen molar-refractivity contribution in [2.75, 3.05) is 27.2 Å². The van der Waals surface area contributed by atoms with Crippen LogP contribution in [0.3, 0.4) is 0 Å². The summed E-state index contributed by atoms with van der Waals surface area (Å²) in [4.78, 5) is 36.7. The minimum absolute atomic E-state index is 0.0600. The number of benzene rings is 1. The Balaban J connectivity index is 1.77. The predicted molar refractivity (Wildman–Crippen MR) is 126 cm³/mol. The Morgan fingerprint density at radius 2 is 1.97 bits per heavy atom. The molecule has 1 fully saturated rings. The van der Waals surface area contributed by atoms with Crippen molar-refractivity contribution in [1.29, 1.82) is 0 Å². The lowest BCUT2D eigenvalue weighted by atomic mass is 9.88. The molecule has 164 valence electrons. The number of rotatable bonds is 2.